The summed E-state index contributed by atoms with van der Waals surface area (Å²) in [4.78, 5) is 13.8. The first kappa shape index (κ1) is 14.9. The van der Waals surface area contributed by atoms with Crippen LogP contribution >= 0.6 is 0 Å². The van der Waals surface area contributed by atoms with Crippen molar-refractivity contribution in [2.24, 2.45) is 0 Å². The van der Waals surface area contributed by atoms with Crippen molar-refractivity contribution < 1.29 is 9.53 Å². The van der Waals surface area contributed by atoms with Gasteiger partial charge in [0, 0.05) is 19.8 Å². The van der Waals surface area contributed by atoms with E-state index in [0.29, 0.717) is 5.56 Å². The van der Waals surface area contributed by atoms with Crippen molar-refractivity contribution in [2.45, 2.75) is 0 Å². The van der Waals surface area contributed by atoms with Gasteiger partial charge in [0.2, 0.25) is 0 Å². The Balaban J connectivity index is 2.23. The second-order valence-corrected chi connectivity index (χ2v) is 4.90. The molecular weight excluding hydrogens is 262 g/mol. The number of hydrogen-bond donors (Lipinski definition) is 0. The highest BCUT2D eigenvalue weighted by Gasteiger charge is 2.08. The fraction of sp³-hybridized carbons (Fsp3) is 0.167. The zero-order valence-electron chi connectivity index (χ0n) is 12.5. The van der Waals surface area contributed by atoms with E-state index >= 15 is 0 Å². The van der Waals surface area contributed by atoms with Crippen molar-refractivity contribution in [3.8, 4) is 0 Å². The molecule has 0 atom stereocenters. The number of ether oxygens (including phenoxy) is 1. The number of rotatable bonds is 4. The van der Waals surface area contributed by atoms with Gasteiger partial charge in [-0.3, -0.25) is 0 Å². The average Bonchev–Trinajstić information content (AvgIpc) is 2.52. The van der Waals surface area contributed by atoms with Crippen LogP contribution in [-0.4, -0.2) is 27.2 Å². The van der Waals surface area contributed by atoms with Crippen LogP contribution in [0, 0.1) is 0 Å². The van der Waals surface area contributed by atoms with E-state index in [2.05, 4.69) is 17.0 Å². The Morgan fingerprint density at radius 2 is 1.67 bits per heavy atom. The third-order valence-electron chi connectivity index (χ3n) is 3.23. The molecule has 0 aliphatic rings. The molecule has 0 N–H and O–H groups in total. The second-order valence-electron chi connectivity index (χ2n) is 4.90. The summed E-state index contributed by atoms with van der Waals surface area (Å²) in [5.41, 5.74) is 3.66. The van der Waals surface area contributed by atoms with E-state index in [1.807, 2.05) is 56.6 Å². The molecule has 0 aliphatic heterocycles. The van der Waals surface area contributed by atoms with Gasteiger partial charge in [-0.05, 0) is 29.3 Å². The highest BCUT2D eigenvalue weighted by Crippen LogP contribution is 2.16. The van der Waals surface area contributed by atoms with Crippen LogP contribution in [0.1, 0.15) is 21.5 Å². The van der Waals surface area contributed by atoms with Gasteiger partial charge in [-0.1, -0.05) is 42.5 Å². The van der Waals surface area contributed by atoms with E-state index in [1.54, 1.807) is 6.07 Å². The van der Waals surface area contributed by atoms with Gasteiger partial charge in [-0.25, -0.2) is 4.79 Å². The highest BCUT2D eigenvalue weighted by molar-refractivity contribution is 5.94. The smallest absolute Gasteiger partial charge is 0.338 e. The lowest BCUT2D eigenvalue weighted by Gasteiger charge is -2.11. The van der Waals surface area contributed by atoms with Gasteiger partial charge in [0.05, 0.1) is 12.7 Å². The lowest BCUT2D eigenvalue weighted by atomic mass is 10.1. The van der Waals surface area contributed by atoms with E-state index in [9.17, 15) is 4.79 Å². The van der Waals surface area contributed by atoms with Gasteiger partial charge in [0.15, 0.2) is 0 Å². The Morgan fingerprint density at radius 3 is 2.29 bits per heavy atom. The summed E-state index contributed by atoms with van der Waals surface area (Å²) in [5, 5.41) is 0. The van der Waals surface area contributed by atoms with Crippen molar-refractivity contribution >= 4 is 23.8 Å². The molecule has 0 fully saturated rings. The highest BCUT2D eigenvalue weighted by atomic mass is 16.5. The fourth-order valence-electron chi connectivity index (χ4n) is 2.01. The van der Waals surface area contributed by atoms with E-state index in [0.717, 1.165) is 16.8 Å². The van der Waals surface area contributed by atoms with Crippen molar-refractivity contribution in [3.05, 3.63) is 65.2 Å². The summed E-state index contributed by atoms with van der Waals surface area (Å²) in [5.74, 6) is -0.321. The van der Waals surface area contributed by atoms with Crippen LogP contribution in [0.3, 0.4) is 0 Å². The van der Waals surface area contributed by atoms with Crippen LogP contribution in [0.5, 0.6) is 0 Å². The molecule has 0 heterocycles. The number of carbonyl (C=O) groups excluding carboxylic acids is 1. The van der Waals surface area contributed by atoms with Gasteiger partial charge >= 0.3 is 5.97 Å². The van der Waals surface area contributed by atoms with Crippen LogP contribution in [0.2, 0.25) is 0 Å². The van der Waals surface area contributed by atoms with Crippen LogP contribution in [-0.2, 0) is 4.74 Å². The number of methoxy groups -OCH3 is 1. The molecule has 2 rings (SSSR count). The van der Waals surface area contributed by atoms with Gasteiger partial charge in [-0.15, -0.1) is 0 Å². The number of esters is 1. The molecular formula is C18H19NO2. The van der Waals surface area contributed by atoms with Gasteiger partial charge < -0.3 is 9.64 Å². The maximum atomic E-state index is 11.7. The summed E-state index contributed by atoms with van der Waals surface area (Å²) in [7, 11) is 5.41. The number of benzene rings is 2. The molecule has 0 radical (unpaired) electrons. The van der Waals surface area contributed by atoms with E-state index < -0.39 is 0 Å². The molecule has 3 nitrogen and oxygen atoms in total. The van der Waals surface area contributed by atoms with Gasteiger partial charge in [0.25, 0.3) is 0 Å². The SMILES string of the molecule is COC(=O)c1ccccc1/C=C/c1ccc(N(C)C)cc1. The first-order valence-electron chi connectivity index (χ1n) is 6.74. The van der Waals surface area contributed by atoms with Crippen molar-refractivity contribution in [3.63, 3.8) is 0 Å². The normalized spacial score (nSPS) is 10.6. The molecule has 0 bridgehead atoms. The third-order valence-corrected chi connectivity index (χ3v) is 3.23. The maximum absolute atomic E-state index is 11.7. The molecule has 0 aliphatic carbocycles. The lowest BCUT2D eigenvalue weighted by molar-refractivity contribution is 0.0600. The predicted molar refractivity (Wildman–Crippen MR) is 87.5 cm³/mol. The molecule has 2 aromatic carbocycles. The topological polar surface area (TPSA) is 29.5 Å². The molecule has 0 saturated carbocycles. The van der Waals surface area contributed by atoms with Crippen molar-refractivity contribution in [2.75, 3.05) is 26.1 Å². The van der Waals surface area contributed by atoms with E-state index in [1.165, 1.54) is 7.11 Å². The number of hydrogen-bond acceptors (Lipinski definition) is 3. The summed E-state index contributed by atoms with van der Waals surface area (Å²) in [6.07, 6.45) is 3.91. The van der Waals surface area contributed by atoms with Crippen LogP contribution in [0.15, 0.2) is 48.5 Å². The number of nitrogens with zero attached hydrogens (tertiary/aromatic N) is 1. The Morgan fingerprint density at radius 1 is 1.00 bits per heavy atom. The zero-order valence-corrected chi connectivity index (χ0v) is 12.5. The summed E-state index contributed by atoms with van der Waals surface area (Å²) >= 11 is 0. The Kier molecular flexibility index (Phi) is 4.77. The molecule has 0 spiro atoms. The Hall–Kier alpha value is -2.55. The van der Waals surface area contributed by atoms with E-state index in [-0.39, 0.29) is 5.97 Å². The molecule has 0 saturated heterocycles. The van der Waals surface area contributed by atoms with Crippen LogP contribution in [0.4, 0.5) is 5.69 Å². The first-order valence-corrected chi connectivity index (χ1v) is 6.74. The van der Waals surface area contributed by atoms with Crippen LogP contribution < -0.4 is 4.90 Å². The summed E-state index contributed by atoms with van der Waals surface area (Å²) in [6.45, 7) is 0. The van der Waals surface area contributed by atoms with Crippen molar-refractivity contribution in [1.29, 1.82) is 0 Å². The van der Waals surface area contributed by atoms with Crippen molar-refractivity contribution in [1.82, 2.24) is 0 Å². The summed E-state index contributed by atoms with van der Waals surface area (Å²) in [6, 6.07) is 15.6. The minimum absolute atomic E-state index is 0.321. The molecule has 3 heteroatoms. The average molecular weight is 281 g/mol. The second kappa shape index (κ2) is 6.75. The number of carbonyl (C=O) groups is 1. The van der Waals surface area contributed by atoms with Crippen LogP contribution in [0.25, 0.3) is 12.2 Å². The largest absolute Gasteiger partial charge is 0.465 e. The minimum Gasteiger partial charge on any atom is -0.465 e. The molecule has 108 valence electrons. The zero-order chi connectivity index (χ0) is 15.2. The maximum Gasteiger partial charge on any atom is 0.338 e. The lowest BCUT2D eigenvalue weighted by Crippen LogP contribution is -2.07. The standard InChI is InChI=1S/C18H19NO2/c1-19(2)16-12-9-14(10-13-16)8-11-15-6-4-5-7-17(15)18(20)21-3/h4-13H,1-3H3/b11-8+. The predicted octanol–water partition coefficient (Wildman–Crippen LogP) is 3.71. The van der Waals surface area contributed by atoms with E-state index in [4.69, 9.17) is 4.74 Å². The molecule has 21 heavy (non-hydrogen) atoms. The Bertz CT molecular complexity index is 643. The Labute approximate surface area is 125 Å². The molecule has 0 amide bonds. The first-order chi connectivity index (χ1) is 10.1. The van der Waals surface area contributed by atoms with Gasteiger partial charge in [-0.2, -0.15) is 0 Å². The monoisotopic (exact) mass is 281 g/mol. The quantitative estimate of drug-likeness (QED) is 0.632. The molecule has 0 unspecified atom stereocenters. The number of anilines is 1. The summed E-state index contributed by atoms with van der Waals surface area (Å²) < 4.78 is 4.79. The third kappa shape index (κ3) is 3.72. The molecule has 2 aromatic rings. The molecule has 0 aromatic heterocycles. The van der Waals surface area contributed by atoms with Gasteiger partial charge in [0.1, 0.15) is 0 Å². The minimum atomic E-state index is -0.321. The fourth-order valence-corrected chi connectivity index (χ4v) is 2.01.